The Labute approximate surface area is 82.6 Å². The van der Waals surface area contributed by atoms with Gasteiger partial charge in [-0.25, -0.2) is 14.6 Å². The first kappa shape index (κ1) is 12.5. The highest BCUT2D eigenvalue weighted by Crippen LogP contribution is 2.04. The van der Waals surface area contributed by atoms with Crippen LogP contribution in [0.4, 0.5) is 4.79 Å². The van der Waals surface area contributed by atoms with Crippen molar-refractivity contribution >= 4 is 12.1 Å². The standard InChI is InChI=1S/C9H14O5/c1-5-12-9(11)14-13-8(10)7(4)6(2)3/h5H2,1-4H3. The molecule has 0 saturated carbocycles. The molecule has 14 heavy (non-hydrogen) atoms. The average Bonchev–Trinajstić information content (AvgIpc) is 2.13. The van der Waals surface area contributed by atoms with Gasteiger partial charge in [-0.05, 0) is 27.7 Å². The van der Waals surface area contributed by atoms with Crippen molar-refractivity contribution in [2.45, 2.75) is 27.7 Å². The van der Waals surface area contributed by atoms with Gasteiger partial charge in [0.25, 0.3) is 0 Å². The van der Waals surface area contributed by atoms with Crippen LogP contribution in [0, 0.1) is 0 Å². The molecule has 0 amide bonds. The fourth-order valence-corrected chi connectivity index (χ4v) is 0.480. The van der Waals surface area contributed by atoms with Crippen molar-refractivity contribution in [3.05, 3.63) is 11.1 Å². The van der Waals surface area contributed by atoms with Gasteiger partial charge in [0, 0.05) is 5.57 Å². The van der Waals surface area contributed by atoms with Gasteiger partial charge in [-0.3, -0.25) is 0 Å². The SMILES string of the molecule is CCOC(=O)OOC(=O)C(C)=C(C)C. The lowest BCUT2D eigenvalue weighted by Gasteiger charge is -2.03. The molecule has 0 aliphatic rings. The second-order valence-electron chi connectivity index (χ2n) is 2.76. The summed E-state index contributed by atoms with van der Waals surface area (Å²) in [5.74, 6) is -0.696. The highest BCUT2D eigenvalue weighted by atomic mass is 17.2. The Balaban J connectivity index is 3.98. The summed E-state index contributed by atoms with van der Waals surface area (Å²) in [5, 5.41) is 0. The first-order valence-corrected chi connectivity index (χ1v) is 4.18. The molecular weight excluding hydrogens is 188 g/mol. The van der Waals surface area contributed by atoms with E-state index in [4.69, 9.17) is 0 Å². The predicted octanol–water partition coefficient (Wildman–Crippen LogP) is 1.97. The van der Waals surface area contributed by atoms with Crippen LogP contribution < -0.4 is 0 Å². The van der Waals surface area contributed by atoms with Crippen LogP contribution in [-0.2, 0) is 19.3 Å². The van der Waals surface area contributed by atoms with Crippen LogP contribution >= 0.6 is 0 Å². The lowest BCUT2D eigenvalue weighted by Crippen LogP contribution is -2.13. The average molecular weight is 202 g/mol. The van der Waals surface area contributed by atoms with Gasteiger partial charge >= 0.3 is 12.1 Å². The molecule has 0 aliphatic carbocycles. The molecule has 0 aromatic heterocycles. The van der Waals surface area contributed by atoms with Crippen molar-refractivity contribution in [1.82, 2.24) is 0 Å². The second kappa shape index (κ2) is 6.01. The molecule has 0 N–H and O–H groups in total. The van der Waals surface area contributed by atoms with Gasteiger partial charge in [0.2, 0.25) is 0 Å². The van der Waals surface area contributed by atoms with E-state index >= 15 is 0 Å². The zero-order valence-corrected chi connectivity index (χ0v) is 8.75. The highest BCUT2D eigenvalue weighted by Gasteiger charge is 2.12. The summed E-state index contributed by atoms with van der Waals surface area (Å²) in [6.45, 7) is 6.86. The van der Waals surface area contributed by atoms with Crippen molar-refractivity contribution in [2.24, 2.45) is 0 Å². The van der Waals surface area contributed by atoms with Crippen LogP contribution in [0.15, 0.2) is 11.1 Å². The molecule has 80 valence electrons. The number of carbonyl (C=O) groups excluding carboxylic acids is 2. The van der Waals surface area contributed by atoms with Gasteiger partial charge in [-0.2, -0.15) is 4.79 Å². The van der Waals surface area contributed by atoms with Crippen LogP contribution in [0.25, 0.3) is 0 Å². The molecule has 0 rings (SSSR count). The number of allylic oxidation sites excluding steroid dienone is 1. The predicted molar refractivity (Wildman–Crippen MR) is 48.2 cm³/mol. The zero-order chi connectivity index (χ0) is 11.1. The number of hydrogen-bond acceptors (Lipinski definition) is 5. The zero-order valence-electron chi connectivity index (χ0n) is 8.75. The van der Waals surface area contributed by atoms with E-state index in [0.29, 0.717) is 5.57 Å². The summed E-state index contributed by atoms with van der Waals surface area (Å²) >= 11 is 0. The fourth-order valence-electron chi connectivity index (χ4n) is 0.480. The molecule has 0 unspecified atom stereocenters. The number of hydrogen-bond donors (Lipinski definition) is 0. The van der Waals surface area contributed by atoms with E-state index in [0.717, 1.165) is 5.57 Å². The lowest BCUT2D eigenvalue weighted by atomic mass is 10.2. The summed E-state index contributed by atoms with van der Waals surface area (Å²) in [6.07, 6.45) is -1.03. The maximum absolute atomic E-state index is 11.1. The lowest BCUT2D eigenvalue weighted by molar-refractivity contribution is -0.238. The summed E-state index contributed by atoms with van der Waals surface area (Å²) in [5.41, 5.74) is 1.19. The van der Waals surface area contributed by atoms with Crippen LogP contribution in [0.3, 0.4) is 0 Å². The van der Waals surface area contributed by atoms with Crippen molar-refractivity contribution in [3.8, 4) is 0 Å². The van der Waals surface area contributed by atoms with E-state index in [-0.39, 0.29) is 6.61 Å². The summed E-state index contributed by atoms with van der Waals surface area (Å²) in [7, 11) is 0. The first-order valence-electron chi connectivity index (χ1n) is 4.18. The first-order chi connectivity index (χ1) is 6.49. The number of rotatable bonds is 2. The van der Waals surface area contributed by atoms with Crippen molar-refractivity contribution in [1.29, 1.82) is 0 Å². The van der Waals surface area contributed by atoms with Crippen molar-refractivity contribution in [2.75, 3.05) is 6.61 Å². The van der Waals surface area contributed by atoms with Crippen LogP contribution in [0.2, 0.25) is 0 Å². The molecule has 0 heterocycles. The van der Waals surface area contributed by atoms with E-state index < -0.39 is 12.1 Å². The Morgan fingerprint density at radius 1 is 1.07 bits per heavy atom. The van der Waals surface area contributed by atoms with Gasteiger partial charge in [-0.15, -0.1) is 0 Å². The maximum atomic E-state index is 11.1. The Hall–Kier alpha value is -1.52. The third-order valence-corrected chi connectivity index (χ3v) is 1.50. The van der Waals surface area contributed by atoms with E-state index in [2.05, 4.69) is 14.5 Å². The Morgan fingerprint density at radius 3 is 2.07 bits per heavy atom. The normalized spacial score (nSPS) is 8.86. The maximum Gasteiger partial charge on any atom is 0.549 e. The van der Waals surface area contributed by atoms with E-state index in [1.54, 1.807) is 27.7 Å². The molecule has 0 atom stereocenters. The molecule has 0 spiro atoms. The quantitative estimate of drug-likeness (QED) is 0.296. The van der Waals surface area contributed by atoms with Gasteiger partial charge in [-0.1, -0.05) is 5.57 Å². The van der Waals surface area contributed by atoms with Gasteiger partial charge in [0.15, 0.2) is 0 Å². The number of ether oxygens (including phenoxy) is 1. The smallest absolute Gasteiger partial charge is 0.432 e. The molecule has 0 aliphatic heterocycles. The minimum absolute atomic E-state index is 0.165. The monoisotopic (exact) mass is 202 g/mol. The Kier molecular flexibility index (Phi) is 5.36. The minimum atomic E-state index is -1.03. The Morgan fingerprint density at radius 2 is 1.64 bits per heavy atom. The summed E-state index contributed by atoms with van der Waals surface area (Å²) < 4.78 is 4.38. The molecular formula is C9H14O5. The molecule has 0 aromatic rings. The van der Waals surface area contributed by atoms with Crippen LogP contribution in [0.5, 0.6) is 0 Å². The molecule has 5 nitrogen and oxygen atoms in total. The highest BCUT2D eigenvalue weighted by molar-refractivity contribution is 5.88. The minimum Gasteiger partial charge on any atom is -0.432 e. The molecule has 5 heteroatoms. The third-order valence-electron chi connectivity index (χ3n) is 1.50. The Bertz CT molecular complexity index is 250. The summed E-state index contributed by atoms with van der Waals surface area (Å²) in [4.78, 5) is 30.0. The molecule has 0 fully saturated rings. The van der Waals surface area contributed by atoms with Gasteiger partial charge < -0.3 is 4.74 Å². The molecule has 0 radical (unpaired) electrons. The van der Waals surface area contributed by atoms with Gasteiger partial charge in [0.1, 0.15) is 0 Å². The van der Waals surface area contributed by atoms with Crippen LogP contribution in [0.1, 0.15) is 27.7 Å². The molecule has 0 aromatic carbocycles. The fraction of sp³-hybridized carbons (Fsp3) is 0.556. The molecule has 0 bridgehead atoms. The van der Waals surface area contributed by atoms with E-state index in [9.17, 15) is 9.59 Å². The van der Waals surface area contributed by atoms with Crippen molar-refractivity contribution < 1.29 is 24.1 Å². The van der Waals surface area contributed by atoms with Crippen LogP contribution in [-0.4, -0.2) is 18.7 Å². The second-order valence-corrected chi connectivity index (χ2v) is 2.76. The number of carbonyl (C=O) groups is 2. The van der Waals surface area contributed by atoms with E-state index in [1.165, 1.54) is 0 Å². The molecule has 0 saturated heterocycles. The van der Waals surface area contributed by atoms with E-state index in [1.807, 2.05) is 0 Å². The van der Waals surface area contributed by atoms with Gasteiger partial charge in [0.05, 0.1) is 6.61 Å². The third kappa shape index (κ3) is 4.49. The largest absolute Gasteiger partial charge is 0.549 e. The van der Waals surface area contributed by atoms with Crippen molar-refractivity contribution in [3.63, 3.8) is 0 Å². The topological polar surface area (TPSA) is 61.8 Å². The summed E-state index contributed by atoms with van der Waals surface area (Å²) in [6, 6.07) is 0.